The predicted molar refractivity (Wildman–Crippen MR) is 130 cm³/mol. The van der Waals surface area contributed by atoms with Crippen LogP contribution in [0.3, 0.4) is 0 Å². The normalized spacial score (nSPS) is 10.6. The first-order valence-electron chi connectivity index (χ1n) is 11.1. The average Bonchev–Trinajstić information content (AvgIpc) is 2.87. The Kier molecular flexibility index (Phi) is 15.9. The van der Waals surface area contributed by atoms with Gasteiger partial charge >= 0.3 is 0 Å². The second-order valence-electron chi connectivity index (χ2n) is 7.42. The van der Waals surface area contributed by atoms with Crippen molar-refractivity contribution < 1.29 is 64.8 Å². The van der Waals surface area contributed by atoms with E-state index in [-0.39, 0.29) is 36.4 Å². The van der Waals surface area contributed by atoms with E-state index in [1.807, 2.05) is 12.1 Å². The molecule has 0 unspecified atom stereocenters. The highest BCUT2D eigenvalue weighted by Gasteiger charge is 2.17. The first-order chi connectivity index (χ1) is 16.4. The van der Waals surface area contributed by atoms with Crippen molar-refractivity contribution in [1.82, 2.24) is 0 Å². The van der Waals surface area contributed by atoms with Crippen LogP contribution >= 0.6 is 0 Å². The molecular formula is C26H34Cl2N2O6. The maximum Gasteiger partial charge on any atom is 0.166 e. The molecule has 2 rings (SSSR count). The van der Waals surface area contributed by atoms with Crippen molar-refractivity contribution in [2.24, 2.45) is 5.92 Å². The summed E-state index contributed by atoms with van der Waals surface area (Å²) in [5, 5.41) is 0. The van der Waals surface area contributed by atoms with Gasteiger partial charge in [0.2, 0.25) is 0 Å². The van der Waals surface area contributed by atoms with E-state index in [0.717, 1.165) is 11.1 Å². The number of benzene rings is 2. The minimum absolute atomic E-state index is 0. The lowest BCUT2D eigenvalue weighted by molar-refractivity contribution is -0.371. The van der Waals surface area contributed by atoms with Gasteiger partial charge in [-0.2, -0.15) is 0 Å². The fourth-order valence-electron chi connectivity index (χ4n) is 2.96. The Bertz CT molecular complexity index is 962. The minimum atomic E-state index is -0.810. The van der Waals surface area contributed by atoms with Crippen LogP contribution < -0.4 is 55.2 Å². The molecule has 8 nitrogen and oxygen atoms in total. The summed E-state index contributed by atoms with van der Waals surface area (Å²) in [6.45, 7) is 3.84. The number of halogens is 2. The molecule has 198 valence electrons. The SMILES string of the molecule is COc1cc(/C=C/C(=O)C(C)C(=O)/C=C/c2ccc(OCC[NH3+])c(OC)c2)ccc1OCC[NH3+].[Cl-].[Cl-]. The quantitative estimate of drug-likeness (QED) is 0.183. The molecule has 36 heavy (non-hydrogen) atoms. The summed E-state index contributed by atoms with van der Waals surface area (Å²) in [5.74, 6) is 0.960. The maximum atomic E-state index is 12.5. The van der Waals surface area contributed by atoms with Crippen LogP contribution in [0.15, 0.2) is 48.6 Å². The van der Waals surface area contributed by atoms with Crippen molar-refractivity contribution >= 4 is 23.7 Å². The second-order valence-corrected chi connectivity index (χ2v) is 7.42. The van der Waals surface area contributed by atoms with E-state index < -0.39 is 5.92 Å². The minimum Gasteiger partial charge on any atom is -1.00 e. The Morgan fingerprint density at radius 3 is 1.47 bits per heavy atom. The molecule has 0 fully saturated rings. The highest BCUT2D eigenvalue weighted by atomic mass is 35.5. The molecule has 0 saturated heterocycles. The number of ketones is 2. The van der Waals surface area contributed by atoms with E-state index in [9.17, 15) is 9.59 Å². The molecule has 2 aromatic carbocycles. The predicted octanol–water partition coefficient (Wildman–Crippen LogP) is -4.55. The van der Waals surface area contributed by atoms with E-state index in [0.29, 0.717) is 49.3 Å². The summed E-state index contributed by atoms with van der Waals surface area (Å²) in [6.07, 6.45) is 6.11. The van der Waals surface area contributed by atoms with Gasteiger partial charge in [0.1, 0.15) is 26.3 Å². The van der Waals surface area contributed by atoms with E-state index in [2.05, 4.69) is 11.5 Å². The van der Waals surface area contributed by atoms with Crippen LogP contribution in [-0.4, -0.2) is 52.1 Å². The summed E-state index contributed by atoms with van der Waals surface area (Å²) in [6, 6.07) is 10.7. The van der Waals surface area contributed by atoms with Crippen LogP contribution in [0.25, 0.3) is 12.2 Å². The molecule has 0 bridgehead atoms. The van der Waals surface area contributed by atoms with Crippen molar-refractivity contribution in [3.05, 3.63) is 59.7 Å². The van der Waals surface area contributed by atoms with Gasteiger partial charge in [-0.05, 0) is 54.5 Å². The Labute approximate surface area is 224 Å². The number of allylic oxidation sites excluding steroid dienone is 2. The largest absolute Gasteiger partial charge is 1.00 e. The molecule has 0 atom stereocenters. The molecule has 0 radical (unpaired) electrons. The number of hydrogen-bond acceptors (Lipinski definition) is 6. The monoisotopic (exact) mass is 540 g/mol. The molecule has 0 aliphatic carbocycles. The highest BCUT2D eigenvalue weighted by Crippen LogP contribution is 2.29. The van der Waals surface area contributed by atoms with Crippen molar-refractivity contribution in [3.8, 4) is 23.0 Å². The Morgan fingerprint density at radius 1 is 0.750 bits per heavy atom. The molecule has 6 N–H and O–H groups in total. The van der Waals surface area contributed by atoms with E-state index in [1.54, 1.807) is 57.6 Å². The van der Waals surface area contributed by atoms with Gasteiger partial charge in [0.05, 0.1) is 20.1 Å². The molecule has 0 heterocycles. The Morgan fingerprint density at radius 2 is 1.14 bits per heavy atom. The molecule has 0 aliphatic rings. The third kappa shape index (κ3) is 9.91. The van der Waals surface area contributed by atoms with Gasteiger partial charge < -0.3 is 55.2 Å². The number of carbonyl (C=O) groups excluding carboxylic acids is 2. The lowest BCUT2D eigenvalue weighted by Gasteiger charge is -2.10. The maximum absolute atomic E-state index is 12.5. The van der Waals surface area contributed by atoms with E-state index in [1.165, 1.54) is 12.2 Å². The smallest absolute Gasteiger partial charge is 0.166 e. The van der Waals surface area contributed by atoms with Gasteiger partial charge in [0.15, 0.2) is 34.6 Å². The van der Waals surface area contributed by atoms with Gasteiger partial charge in [-0.3, -0.25) is 9.59 Å². The molecule has 0 spiro atoms. The molecule has 0 saturated carbocycles. The molecular weight excluding hydrogens is 507 g/mol. The lowest BCUT2D eigenvalue weighted by Crippen LogP contribution is -3.00. The van der Waals surface area contributed by atoms with E-state index in [4.69, 9.17) is 18.9 Å². The van der Waals surface area contributed by atoms with Gasteiger partial charge in [-0.1, -0.05) is 24.3 Å². The van der Waals surface area contributed by atoms with Gasteiger partial charge in [-0.25, -0.2) is 0 Å². The second kappa shape index (κ2) is 17.4. The van der Waals surface area contributed by atoms with Crippen molar-refractivity contribution in [3.63, 3.8) is 0 Å². The fraction of sp³-hybridized carbons (Fsp3) is 0.308. The van der Waals surface area contributed by atoms with Gasteiger partial charge in [-0.15, -0.1) is 0 Å². The third-order valence-electron chi connectivity index (χ3n) is 4.91. The number of rotatable bonds is 14. The average molecular weight is 541 g/mol. The zero-order valence-electron chi connectivity index (χ0n) is 20.8. The zero-order valence-corrected chi connectivity index (χ0v) is 22.3. The van der Waals surface area contributed by atoms with Crippen molar-refractivity contribution in [1.29, 1.82) is 0 Å². The number of carbonyl (C=O) groups is 2. The summed E-state index contributed by atoms with van der Waals surface area (Å²) in [4.78, 5) is 25.1. The molecule has 0 aromatic heterocycles. The van der Waals surface area contributed by atoms with Crippen molar-refractivity contribution in [2.45, 2.75) is 6.92 Å². The van der Waals surface area contributed by atoms with Crippen LogP contribution in [0.2, 0.25) is 0 Å². The standard InChI is InChI=1S/C26H32N2O6.2ClH/c1-18(21(29)8-4-19-6-10-23(33-14-12-27)25(16-19)31-2)22(30)9-5-20-7-11-24(34-15-13-28)26(17-20)32-3;;/h4-11,16-18H,12-15,27-28H2,1-3H3;2*1H/b8-4+,9-5+;;. The molecule has 10 heteroatoms. The highest BCUT2D eigenvalue weighted by molar-refractivity contribution is 6.13. The number of methoxy groups -OCH3 is 2. The molecule has 2 aromatic rings. The summed E-state index contributed by atoms with van der Waals surface area (Å²) >= 11 is 0. The van der Waals surface area contributed by atoms with Crippen LogP contribution in [-0.2, 0) is 9.59 Å². The molecule has 0 aliphatic heterocycles. The number of quaternary nitrogens is 2. The number of hydrogen-bond donors (Lipinski definition) is 2. The number of ether oxygens (including phenoxy) is 4. The molecule has 0 amide bonds. The summed E-state index contributed by atoms with van der Waals surface area (Å²) in [7, 11) is 3.11. The van der Waals surface area contributed by atoms with Crippen LogP contribution in [0, 0.1) is 5.92 Å². The topological polar surface area (TPSA) is 126 Å². The van der Waals surface area contributed by atoms with Gasteiger partial charge in [0.25, 0.3) is 0 Å². The third-order valence-corrected chi connectivity index (χ3v) is 4.91. The zero-order chi connectivity index (χ0) is 24.9. The van der Waals surface area contributed by atoms with E-state index >= 15 is 0 Å². The first-order valence-corrected chi connectivity index (χ1v) is 11.1. The summed E-state index contributed by atoms with van der Waals surface area (Å²) < 4.78 is 21.9. The summed E-state index contributed by atoms with van der Waals surface area (Å²) in [5.41, 5.74) is 9.01. The fourth-order valence-corrected chi connectivity index (χ4v) is 2.96. The van der Waals surface area contributed by atoms with Crippen LogP contribution in [0.4, 0.5) is 0 Å². The van der Waals surface area contributed by atoms with Gasteiger partial charge in [0, 0.05) is 0 Å². The Hall–Kier alpha value is -3.04. The lowest BCUT2D eigenvalue weighted by atomic mass is 9.99. The first kappa shape index (κ1) is 33.0. The Balaban J connectivity index is 0.00000612. The van der Waals surface area contributed by atoms with Crippen LogP contribution in [0.5, 0.6) is 23.0 Å². The van der Waals surface area contributed by atoms with Crippen molar-refractivity contribution in [2.75, 3.05) is 40.5 Å². The van der Waals surface area contributed by atoms with Crippen LogP contribution in [0.1, 0.15) is 18.1 Å².